The van der Waals surface area contributed by atoms with E-state index in [0.717, 1.165) is 22.3 Å². The highest BCUT2D eigenvalue weighted by molar-refractivity contribution is 9.10. The molecule has 0 aromatic heterocycles. The molecule has 0 unspecified atom stereocenters. The first-order valence-corrected chi connectivity index (χ1v) is 4.58. The maximum absolute atomic E-state index is 5.81. The summed E-state index contributed by atoms with van der Waals surface area (Å²) in [7, 11) is 4.05. The van der Waals surface area contributed by atoms with Gasteiger partial charge in [0.15, 0.2) is 0 Å². The molecule has 0 aliphatic rings. The average molecular weight is 229 g/mol. The van der Waals surface area contributed by atoms with Crippen LogP contribution in [-0.2, 0) is 6.54 Å². The molecule has 1 aromatic carbocycles. The van der Waals surface area contributed by atoms with Gasteiger partial charge in [-0.1, -0.05) is 22.0 Å². The van der Waals surface area contributed by atoms with E-state index in [1.807, 2.05) is 32.3 Å². The molecule has 0 fully saturated rings. The van der Waals surface area contributed by atoms with E-state index in [1.54, 1.807) is 0 Å². The van der Waals surface area contributed by atoms with E-state index in [-0.39, 0.29) is 0 Å². The zero-order valence-corrected chi connectivity index (χ0v) is 8.93. The van der Waals surface area contributed by atoms with Gasteiger partial charge in [0, 0.05) is 22.3 Å². The van der Waals surface area contributed by atoms with Gasteiger partial charge >= 0.3 is 0 Å². The lowest BCUT2D eigenvalue weighted by Crippen LogP contribution is -2.12. The molecule has 66 valence electrons. The molecule has 2 N–H and O–H groups in total. The van der Waals surface area contributed by atoms with E-state index >= 15 is 0 Å². The first-order chi connectivity index (χ1) is 5.61. The van der Waals surface area contributed by atoms with Crippen LogP contribution in [0.3, 0.4) is 0 Å². The molecule has 2 nitrogen and oxygen atoms in total. The van der Waals surface area contributed by atoms with Gasteiger partial charge in [-0.15, -0.1) is 0 Å². The van der Waals surface area contributed by atoms with E-state index < -0.39 is 0 Å². The van der Waals surface area contributed by atoms with Crippen LogP contribution in [0.2, 0.25) is 0 Å². The van der Waals surface area contributed by atoms with Gasteiger partial charge in [0.1, 0.15) is 0 Å². The Bertz CT molecular complexity index is 251. The summed E-state index contributed by atoms with van der Waals surface area (Å²) in [6, 6.07) is 5.87. The minimum absolute atomic E-state index is 0.845. The van der Waals surface area contributed by atoms with Crippen molar-refractivity contribution in [3.05, 3.63) is 28.2 Å². The van der Waals surface area contributed by atoms with Gasteiger partial charge in [-0.05, 0) is 26.2 Å². The van der Waals surface area contributed by atoms with Crippen molar-refractivity contribution < 1.29 is 0 Å². The quantitative estimate of drug-likeness (QED) is 0.787. The summed E-state index contributed by atoms with van der Waals surface area (Å²) in [6.07, 6.45) is 0. The maximum Gasteiger partial charge on any atom is 0.0371 e. The van der Waals surface area contributed by atoms with E-state index in [2.05, 4.69) is 20.8 Å². The smallest absolute Gasteiger partial charge is 0.0371 e. The molecule has 1 aromatic rings. The third kappa shape index (κ3) is 2.22. The zero-order valence-electron chi connectivity index (χ0n) is 7.34. The molecule has 0 aliphatic carbocycles. The number of nitrogen functional groups attached to an aromatic ring is 1. The number of rotatable bonds is 2. The fourth-order valence-electron chi connectivity index (χ4n) is 1.06. The fraction of sp³-hybridized carbons (Fsp3) is 0.333. The summed E-state index contributed by atoms with van der Waals surface area (Å²) in [4.78, 5) is 2.09. The van der Waals surface area contributed by atoms with Crippen LogP contribution in [0.15, 0.2) is 22.7 Å². The van der Waals surface area contributed by atoms with Gasteiger partial charge in [-0.2, -0.15) is 0 Å². The monoisotopic (exact) mass is 228 g/mol. The highest BCUT2D eigenvalue weighted by Crippen LogP contribution is 2.23. The first kappa shape index (κ1) is 9.55. The normalized spacial score (nSPS) is 10.7. The lowest BCUT2D eigenvalue weighted by atomic mass is 10.2. The van der Waals surface area contributed by atoms with Crippen molar-refractivity contribution in [2.24, 2.45) is 0 Å². The molecule has 0 radical (unpaired) electrons. The lowest BCUT2D eigenvalue weighted by molar-refractivity contribution is 0.402. The number of hydrogen-bond donors (Lipinski definition) is 1. The molecular weight excluding hydrogens is 216 g/mol. The molecule has 0 heterocycles. The fourth-order valence-corrected chi connectivity index (χ4v) is 1.57. The predicted molar refractivity (Wildman–Crippen MR) is 55.9 cm³/mol. The van der Waals surface area contributed by atoms with Crippen LogP contribution < -0.4 is 5.73 Å². The molecule has 3 heteroatoms. The van der Waals surface area contributed by atoms with Gasteiger partial charge in [0.05, 0.1) is 0 Å². The molecule has 0 spiro atoms. The molecule has 0 bridgehead atoms. The minimum atomic E-state index is 0.845. The van der Waals surface area contributed by atoms with Crippen molar-refractivity contribution >= 4 is 21.6 Å². The topological polar surface area (TPSA) is 29.3 Å². The largest absolute Gasteiger partial charge is 0.398 e. The van der Waals surface area contributed by atoms with Crippen molar-refractivity contribution in [3.63, 3.8) is 0 Å². The third-order valence-corrected chi connectivity index (χ3v) is 2.37. The molecule has 12 heavy (non-hydrogen) atoms. The summed E-state index contributed by atoms with van der Waals surface area (Å²) in [5.74, 6) is 0. The second-order valence-corrected chi connectivity index (χ2v) is 3.90. The zero-order chi connectivity index (χ0) is 9.14. The van der Waals surface area contributed by atoms with Crippen molar-refractivity contribution in [2.45, 2.75) is 6.54 Å². The predicted octanol–water partition coefficient (Wildman–Crippen LogP) is 2.09. The van der Waals surface area contributed by atoms with Crippen LogP contribution in [-0.4, -0.2) is 19.0 Å². The highest BCUT2D eigenvalue weighted by atomic mass is 79.9. The second kappa shape index (κ2) is 3.92. The Kier molecular flexibility index (Phi) is 3.12. The van der Waals surface area contributed by atoms with Crippen molar-refractivity contribution in [2.75, 3.05) is 19.8 Å². The van der Waals surface area contributed by atoms with Crippen LogP contribution in [0.5, 0.6) is 0 Å². The van der Waals surface area contributed by atoms with E-state index in [0.29, 0.717) is 0 Å². The van der Waals surface area contributed by atoms with Gasteiger partial charge in [-0.25, -0.2) is 0 Å². The Morgan fingerprint density at radius 1 is 1.42 bits per heavy atom. The number of halogens is 1. The summed E-state index contributed by atoms with van der Waals surface area (Å²) < 4.78 is 1.08. The molecular formula is C9H13BrN2. The summed E-state index contributed by atoms with van der Waals surface area (Å²) in [6.45, 7) is 0.868. The minimum Gasteiger partial charge on any atom is -0.398 e. The Labute approximate surface area is 81.5 Å². The Hall–Kier alpha value is -0.540. The number of nitrogens with two attached hydrogens (primary N) is 1. The van der Waals surface area contributed by atoms with Gasteiger partial charge < -0.3 is 10.6 Å². The third-order valence-electron chi connectivity index (χ3n) is 1.63. The first-order valence-electron chi connectivity index (χ1n) is 3.79. The maximum atomic E-state index is 5.81. The molecule has 0 saturated carbocycles. The van der Waals surface area contributed by atoms with Crippen molar-refractivity contribution in [1.29, 1.82) is 0 Å². The summed E-state index contributed by atoms with van der Waals surface area (Å²) in [5, 5.41) is 0. The molecule has 1 rings (SSSR count). The van der Waals surface area contributed by atoms with Gasteiger partial charge in [0.2, 0.25) is 0 Å². The van der Waals surface area contributed by atoms with Crippen LogP contribution in [0.25, 0.3) is 0 Å². The Morgan fingerprint density at radius 2 is 2.08 bits per heavy atom. The van der Waals surface area contributed by atoms with E-state index in [9.17, 15) is 0 Å². The Morgan fingerprint density at radius 3 is 2.58 bits per heavy atom. The SMILES string of the molecule is CN(C)Cc1c(N)cccc1Br. The molecule has 0 atom stereocenters. The molecule has 0 saturated heterocycles. The molecule has 0 aliphatic heterocycles. The number of hydrogen-bond acceptors (Lipinski definition) is 2. The van der Waals surface area contributed by atoms with Crippen molar-refractivity contribution in [1.82, 2.24) is 4.90 Å². The van der Waals surface area contributed by atoms with Crippen LogP contribution >= 0.6 is 15.9 Å². The summed E-state index contributed by atoms with van der Waals surface area (Å²) in [5.41, 5.74) is 7.81. The lowest BCUT2D eigenvalue weighted by Gasteiger charge is -2.13. The van der Waals surface area contributed by atoms with E-state index in [1.165, 1.54) is 0 Å². The standard InChI is InChI=1S/C9H13BrN2/c1-12(2)6-7-8(10)4-3-5-9(7)11/h3-5H,6,11H2,1-2H3. The highest BCUT2D eigenvalue weighted by Gasteiger charge is 2.03. The van der Waals surface area contributed by atoms with Gasteiger partial charge in [-0.3, -0.25) is 0 Å². The number of benzene rings is 1. The number of nitrogens with zero attached hydrogens (tertiary/aromatic N) is 1. The van der Waals surface area contributed by atoms with E-state index in [4.69, 9.17) is 5.73 Å². The van der Waals surface area contributed by atoms with Crippen LogP contribution in [0.4, 0.5) is 5.69 Å². The number of anilines is 1. The van der Waals surface area contributed by atoms with Crippen LogP contribution in [0, 0.1) is 0 Å². The van der Waals surface area contributed by atoms with Crippen LogP contribution in [0.1, 0.15) is 5.56 Å². The molecule has 0 amide bonds. The second-order valence-electron chi connectivity index (χ2n) is 3.05. The summed E-state index contributed by atoms with van der Waals surface area (Å²) >= 11 is 3.47. The average Bonchev–Trinajstić information content (AvgIpc) is 1.97. The van der Waals surface area contributed by atoms with Crippen molar-refractivity contribution in [3.8, 4) is 0 Å². The van der Waals surface area contributed by atoms with Gasteiger partial charge in [0.25, 0.3) is 0 Å². The Balaban J connectivity index is 2.96.